The Hall–Kier alpha value is -1.23. The van der Waals surface area contributed by atoms with Crippen LogP contribution in [-0.2, 0) is 4.79 Å². The van der Waals surface area contributed by atoms with Crippen LogP contribution in [-0.4, -0.2) is 17.3 Å². The highest BCUT2D eigenvalue weighted by Crippen LogP contribution is 2.32. The molecular weight excluding hydrogens is 257 g/mol. The maximum Gasteiger partial charge on any atom is 0.389 e. The van der Waals surface area contributed by atoms with Gasteiger partial charge in [0.2, 0.25) is 0 Å². The van der Waals surface area contributed by atoms with Crippen LogP contribution < -0.4 is 0 Å². The Kier molecular flexibility index (Phi) is 4.40. The summed E-state index contributed by atoms with van der Waals surface area (Å²) in [5, 5.41) is 9.09. The fourth-order valence-electron chi connectivity index (χ4n) is 1.48. The molecule has 0 bridgehead atoms. The Balaban J connectivity index is 2.88. The van der Waals surface area contributed by atoms with Gasteiger partial charge in [0.15, 0.2) is 0 Å². The molecule has 0 amide bonds. The zero-order valence-electron chi connectivity index (χ0n) is 8.67. The number of carbonyl (C=O) groups is 1. The SMILES string of the molecule is O=C(O)C(CCC(F)(F)F)c1ccccc1Cl. The smallest absolute Gasteiger partial charge is 0.389 e. The molecule has 0 aliphatic rings. The number of alkyl halides is 3. The lowest BCUT2D eigenvalue weighted by Gasteiger charge is -2.15. The molecule has 0 aliphatic carbocycles. The van der Waals surface area contributed by atoms with Crippen molar-refractivity contribution in [2.75, 3.05) is 0 Å². The van der Waals surface area contributed by atoms with Crippen LogP contribution in [0.3, 0.4) is 0 Å². The summed E-state index contributed by atoms with van der Waals surface area (Å²) in [5.74, 6) is -2.53. The van der Waals surface area contributed by atoms with Crippen molar-refractivity contribution in [3.05, 3.63) is 34.9 Å². The molecule has 1 N–H and O–H groups in total. The molecule has 1 aromatic rings. The van der Waals surface area contributed by atoms with Gasteiger partial charge in [0.1, 0.15) is 0 Å². The number of aliphatic carboxylic acids is 1. The van der Waals surface area contributed by atoms with Gasteiger partial charge in [-0.2, -0.15) is 13.2 Å². The number of hydrogen-bond donors (Lipinski definition) is 1. The number of carboxylic acid groups (broad SMARTS) is 1. The van der Waals surface area contributed by atoms with Gasteiger partial charge in [0, 0.05) is 11.4 Å². The lowest BCUT2D eigenvalue weighted by Crippen LogP contribution is -2.16. The molecule has 0 spiro atoms. The normalized spacial score (nSPS) is 13.4. The summed E-state index contributed by atoms with van der Waals surface area (Å²) in [6.45, 7) is 0. The van der Waals surface area contributed by atoms with E-state index in [0.717, 1.165) is 0 Å². The second-order valence-electron chi connectivity index (χ2n) is 3.57. The van der Waals surface area contributed by atoms with Crippen LogP contribution in [0.1, 0.15) is 24.3 Å². The number of rotatable bonds is 4. The first kappa shape index (κ1) is 13.8. The minimum absolute atomic E-state index is 0.169. The summed E-state index contributed by atoms with van der Waals surface area (Å²) >= 11 is 5.77. The van der Waals surface area contributed by atoms with E-state index in [4.69, 9.17) is 16.7 Å². The Bertz CT molecular complexity index is 404. The van der Waals surface area contributed by atoms with Crippen LogP contribution in [0.5, 0.6) is 0 Å². The van der Waals surface area contributed by atoms with Crippen LogP contribution in [0.15, 0.2) is 24.3 Å². The third kappa shape index (κ3) is 4.26. The molecule has 94 valence electrons. The van der Waals surface area contributed by atoms with Crippen molar-refractivity contribution in [3.8, 4) is 0 Å². The highest BCUT2D eigenvalue weighted by molar-refractivity contribution is 6.31. The topological polar surface area (TPSA) is 37.3 Å². The summed E-state index contributed by atoms with van der Waals surface area (Å²) in [5.41, 5.74) is 0.214. The molecule has 0 saturated carbocycles. The van der Waals surface area contributed by atoms with Crippen molar-refractivity contribution in [2.24, 2.45) is 0 Å². The van der Waals surface area contributed by atoms with E-state index in [9.17, 15) is 18.0 Å². The second-order valence-corrected chi connectivity index (χ2v) is 3.97. The van der Waals surface area contributed by atoms with Crippen LogP contribution in [0.25, 0.3) is 0 Å². The minimum Gasteiger partial charge on any atom is -0.481 e. The van der Waals surface area contributed by atoms with Crippen LogP contribution in [0.2, 0.25) is 5.02 Å². The first-order valence-electron chi connectivity index (χ1n) is 4.85. The zero-order valence-corrected chi connectivity index (χ0v) is 9.42. The van der Waals surface area contributed by atoms with Crippen molar-refractivity contribution in [1.29, 1.82) is 0 Å². The lowest BCUT2D eigenvalue weighted by atomic mass is 9.94. The quantitative estimate of drug-likeness (QED) is 0.899. The van der Waals surface area contributed by atoms with Gasteiger partial charge >= 0.3 is 12.1 Å². The van der Waals surface area contributed by atoms with Crippen molar-refractivity contribution in [3.63, 3.8) is 0 Å². The van der Waals surface area contributed by atoms with E-state index in [0.29, 0.717) is 0 Å². The largest absolute Gasteiger partial charge is 0.481 e. The fourth-order valence-corrected chi connectivity index (χ4v) is 1.75. The summed E-state index contributed by atoms with van der Waals surface area (Å²) < 4.78 is 36.2. The van der Waals surface area contributed by atoms with Crippen LogP contribution in [0.4, 0.5) is 13.2 Å². The van der Waals surface area contributed by atoms with E-state index in [1.54, 1.807) is 12.1 Å². The van der Waals surface area contributed by atoms with Gasteiger partial charge in [0.25, 0.3) is 0 Å². The Morgan fingerprint density at radius 3 is 2.41 bits per heavy atom. The maximum atomic E-state index is 12.1. The van der Waals surface area contributed by atoms with Crippen LogP contribution in [0, 0.1) is 0 Å². The predicted octanol–water partition coefficient (Wildman–Crippen LogP) is 3.85. The molecular formula is C11H10ClF3O2. The molecule has 2 nitrogen and oxygen atoms in total. The summed E-state index contributed by atoms with van der Waals surface area (Å²) in [6, 6.07) is 6.02. The van der Waals surface area contributed by atoms with E-state index in [2.05, 4.69) is 0 Å². The van der Waals surface area contributed by atoms with Gasteiger partial charge in [-0.3, -0.25) is 4.79 Å². The van der Waals surface area contributed by atoms with Gasteiger partial charge in [-0.15, -0.1) is 0 Å². The Labute approximate surface area is 101 Å². The van der Waals surface area contributed by atoms with Gasteiger partial charge < -0.3 is 5.11 Å². The summed E-state index contributed by atoms with van der Waals surface area (Å²) in [7, 11) is 0. The molecule has 0 radical (unpaired) electrons. The van der Waals surface area contributed by atoms with Gasteiger partial charge in [0.05, 0.1) is 5.92 Å². The Morgan fingerprint density at radius 2 is 1.94 bits per heavy atom. The molecule has 0 aromatic heterocycles. The van der Waals surface area contributed by atoms with Gasteiger partial charge in [-0.1, -0.05) is 29.8 Å². The molecule has 0 saturated heterocycles. The number of benzene rings is 1. The van der Waals surface area contributed by atoms with Gasteiger partial charge in [-0.05, 0) is 18.1 Å². The summed E-state index contributed by atoms with van der Waals surface area (Å²) in [6.07, 6.45) is -6.02. The first-order valence-corrected chi connectivity index (χ1v) is 5.23. The standard InChI is InChI=1S/C11H10ClF3O2/c12-9-4-2-1-3-7(9)8(10(16)17)5-6-11(13,14)15/h1-4,8H,5-6H2,(H,16,17). The minimum atomic E-state index is -4.37. The van der Waals surface area contributed by atoms with E-state index in [-0.39, 0.29) is 10.6 Å². The molecule has 1 unspecified atom stereocenters. The number of hydrogen-bond acceptors (Lipinski definition) is 1. The monoisotopic (exact) mass is 266 g/mol. The lowest BCUT2D eigenvalue weighted by molar-refractivity contribution is -0.145. The van der Waals surface area contributed by atoms with Gasteiger partial charge in [-0.25, -0.2) is 0 Å². The number of halogens is 4. The average Bonchev–Trinajstić information content (AvgIpc) is 2.18. The van der Waals surface area contributed by atoms with E-state index in [1.165, 1.54) is 12.1 Å². The van der Waals surface area contributed by atoms with Crippen molar-refractivity contribution < 1.29 is 23.1 Å². The molecule has 6 heteroatoms. The van der Waals surface area contributed by atoms with E-state index in [1.807, 2.05) is 0 Å². The van der Waals surface area contributed by atoms with Crippen LogP contribution >= 0.6 is 11.6 Å². The molecule has 1 atom stereocenters. The highest BCUT2D eigenvalue weighted by atomic mass is 35.5. The first-order chi connectivity index (χ1) is 7.81. The Morgan fingerprint density at radius 1 is 1.35 bits per heavy atom. The third-order valence-corrected chi connectivity index (χ3v) is 2.64. The van der Waals surface area contributed by atoms with E-state index < -0.39 is 30.9 Å². The molecule has 0 heterocycles. The third-order valence-electron chi connectivity index (χ3n) is 2.30. The van der Waals surface area contributed by atoms with Crippen molar-refractivity contribution >= 4 is 17.6 Å². The molecule has 1 aromatic carbocycles. The molecule has 0 fully saturated rings. The van der Waals surface area contributed by atoms with Crippen molar-refractivity contribution in [2.45, 2.75) is 24.9 Å². The number of carboxylic acids is 1. The second kappa shape index (κ2) is 5.40. The molecule has 17 heavy (non-hydrogen) atoms. The highest BCUT2D eigenvalue weighted by Gasteiger charge is 2.31. The van der Waals surface area contributed by atoms with E-state index >= 15 is 0 Å². The fraction of sp³-hybridized carbons (Fsp3) is 0.364. The predicted molar refractivity (Wildman–Crippen MR) is 57.1 cm³/mol. The maximum absolute atomic E-state index is 12.1. The molecule has 0 aliphatic heterocycles. The zero-order chi connectivity index (χ0) is 13.1. The average molecular weight is 267 g/mol. The molecule has 1 rings (SSSR count). The van der Waals surface area contributed by atoms with Crippen molar-refractivity contribution in [1.82, 2.24) is 0 Å². The summed E-state index contributed by atoms with van der Waals surface area (Å²) in [4.78, 5) is 10.9.